The molecule has 0 saturated heterocycles. The summed E-state index contributed by atoms with van der Waals surface area (Å²) in [6, 6.07) is 26.0. The maximum atomic E-state index is 2.26. The number of benzene rings is 2. The smallest absolute Gasteiger partial charge is 0.358 e. The van der Waals surface area contributed by atoms with Crippen LogP contribution in [0.1, 0.15) is 64.5 Å². The molecule has 0 saturated carbocycles. The molecule has 0 aromatic heterocycles. The Morgan fingerprint density at radius 1 is 0.606 bits per heavy atom. The van der Waals surface area contributed by atoms with Gasteiger partial charge in [0.05, 0.1) is 0 Å². The number of aryl methyl sites for hydroxylation is 2. The fourth-order valence-corrected chi connectivity index (χ4v) is 3.34. The first-order chi connectivity index (χ1) is 13.7. The average Bonchev–Trinajstić information content (AvgIpc) is 3.36. The van der Waals surface area contributed by atoms with Crippen LogP contribution in [0.2, 0.25) is 0 Å². The van der Waals surface area contributed by atoms with Crippen LogP contribution < -0.4 is 0 Å². The summed E-state index contributed by atoms with van der Waals surface area (Å²) >= 11 is 0. The minimum absolute atomic E-state index is 0. The molecule has 0 aliphatic rings. The zero-order valence-corrected chi connectivity index (χ0v) is 26.1. The summed E-state index contributed by atoms with van der Waals surface area (Å²) in [5.74, 6) is 0. The molecule has 0 fully saturated rings. The largest absolute Gasteiger partial charge is 3.00 e. The Hall–Kier alpha value is -0.660. The van der Waals surface area contributed by atoms with E-state index < -0.39 is 0 Å². The van der Waals surface area contributed by atoms with Crippen molar-refractivity contribution in [1.82, 2.24) is 0 Å². The monoisotopic (exact) mass is 577 g/mol. The summed E-state index contributed by atoms with van der Waals surface area (Å²) < 4.78 is 0. The van der Waals surface area contributed by atoms with Gasteiger partial charge in [0.25, 0.3) is 0 Å². The minimum Gasteiger partial charge on any atom is -0.358 e. The van der Waals surface area contributed by atoms with Crippen LogP contribution in [-0.2, 0) is 39.0 Å². The van der Waals surface area contributed by atoms with Crippen molar-refractivity contribution in [3.63, 3.8) is 0 Å². The topological polar surface area (TPSA) is 0 Å². The van der Waals surface area contributed by atoms with E-state index in [2.05, 4.69) is 100 Å². The van der Waals surface area contributed by atoms with Gasteiger partial charge in [0.1, 0.15) is 0 Å². The van der Waals surface area contributed by atoms with Gasteiger partial charge in [0.15, 0.2) is 0 Å². The van der Waals surface area contributed by atoms with Crippen LogP contribution in [0.15, 0.2) is 72.8 Å². The number of fused-ring (bicyclic) bond motifs is 2. The molecule has 0 nitrogen and oxygen atoms in total. The van der Waals surface area contributed by atoms with Crippen LogP contribution in [0, 0.1) is 7.43 Å². The zero-order chi connectivity index (χ0) is 20.2. The molecule has 0 amide bonds. The van der Waals surface area contributed by atoms with Gasteiger partial charge in [-0.15, -0.1) is 106 Å². The second-order valence-corrected chi connectivity index (χ2v) is 7.40. The van der Waals surface area contributed by atoms with Crippen LogP contribution in [0.5, 0.6) is 0 Å². The SMILES string of the molecule is CCCCCC.CCc1cc2ccccc2[cH-]1.CCc1cc2ccccc2[cH-]1.Cl.Cl.[CH3-].[Si].[Zr+3]. The van der Waals surface area contributed by atoms with Gasteiger partial charge in [-0.2, -0.15) is 12.1 Å². The van der Waals surface area contributed by atoms with Gasteiger partial charge in [-0.1, -0.05) is 65.5 Å². The van der Waals surface area contributed by atoms with Gasteiger partial charge < -0.3 is 7.43 Å². The molecule has 4 heteroatoms. The van der Waals surface area contributed by atoms with E-state index in [9.17, 15) is 0 Å². The Labute approximate surface area is 239 Å². The molecule has 0 spiro atoms. The molecule has 0 heterocycles. The van der Waals surface area contributed by atoms with Crippen molar-refractivity contribution < 1.29 is 26.2 Å². The van der Waals surface area contributed by atoms with Crippen molar-refractivity contribution >= 4 is 57.3 Å². The summed E-state index contributed by atoms with van der Waals surface area (Å²) in [7, 11) is 0. The van der Waals surface area contributed by atoms with Crippen LogP contribution in [0.25, 0.3) is 21.5 Å². The maximum absolute atomic E-state index is 2.26. The summed E-state index contributed by atoms with van der Waals surface area (Å²) in [6.07, 6.45) is 7.80. The number of halogens is 2. The molecule has 0 atom stereocenters. The second kappa shape index (κ2) is 23.1. The predicted octanol–water partition coefficient (Wildman–Crippen LogP) is 9.74. The van der Waals surface area contributed by atoms with Gasteiger partial charge in [0, 0.05) is 11.0 Å². The molecule has 179 valence electrons. The molecule has 0 aliphatic heterocycles. The average molecular weight is 580 g/mol. The third-order valence-corrected chi connectivity index (χ3v) is 5.13. The number of hydrogen-bond donors (Lipinski definition) is 0. The fourth-order valence-electron chi connectivity index (χ4n) is 3.34. The normalized spacial score (nSPS) is 8.73. The van der Waals surface area contributed by atoms with E-state index in [1.54, 1.807) is 0 Å². The van der Waals surface area contributed by atoms with E-state index >= 15 is 0 Å². The van der Waals surface area contributed by atoms with Gasteiger partial charge in [-0.25, -0.2) is 0 Å². The quantitative estimate of drug-likeness (QED) is 0.125. The van der Waals surface area contributed by atoms with Gasteiger partial charge in [-0.3, -0.25) is 0 Å². The van der Waals surface area contributed by atoms with E-state index in [0.717, 1.165) is 12.8 Å². The predicted molar refractivity (Wildman–Crippen MR) is 154 cm³/mol. The van der Waals surface area contributed by atoms with Crippen molar-refractivity contribution in [3.8, 4) is 0 Å². The maximum Gasteiger partial charge on any atom is 3.00 e. The third kappa shape index (κ3) is 13.7. The number of hydrogen-bond acceptors (Lipinski definition) is 0. The first-order valence-electron chi connectivity index (χ1n) is 11.0. The molecule has 33 heavy (non-hydrogen) atoms. The molecule has 0 unspecified atom stereocenters. The van der Waals surface area contributed by atoms with Crippen molar-refractivity contribution in [2.24, 2.45) is 0 Å². The third-order valence-electron chi connectivity index (χ3n) is 5.13. The van der Waals surface area contributed by atoms with Crippen LogP contribution >= 0.6 is 24.8 Å². The molecule has 4 aromatic rings. The van der Waals surface area contributed by atoms with Crippen LogP contribution in [-0.4, -0.2) is 11.0 Å². The molecule has 0 aliphatic carbocycles. The summed E-state index contributed by atoms with van der Waals surface area (Å²) in [5.41, 5.74) is 2.87. The van der Waals surface area contributed by atoms with Crippen molar-refractivity contribution in [1.29, 1.82) is 0 Å². The van der Waals surface area contributed by atoms with E-state index in [0.29, 0.717) is 0 Å². The molecule has 4 aromatic carbocycles. The standard InChI is InChI=1S/2C11H11.C6H14.CH3.2ClH.Si.Zr/c2*1-2-9-7-10-5-3-4-6-11(10)8-9;1-3-5-6-4-2;;;;;/h2*3-8H,2H2,1H3;3-6H2,1-2H3;1H3;2*1H;;/q2*-1;;-1;;;;+3. The molecule has 5 radical (unpaired) electrons. The summed E-state index contributed by atoms with van der Waals surface area (Å²) in [6.45, 7) is 8.84. The van der Waals surface area contributed by atoms with Crippen molar-refractivity contribution in [2.45, 2.75) is 66.2 Å². The Kier molecular flexibility index (Phi) is 27.7. The van der Waals surface area contributed by atoms with E-state index in [-0.39, 0.29) is 69.4 Å². The zero-order valence-electron chi connectivity index (χ0n) is 21.0. The second-order valence-electron chi connectivity index (χ2n) is 7.40. The Morgan fingerprint density at radius 2 is 0.939 bits per heavy atom. The molecular weight excluding hydrogens is 539 g/mol. The first kappa shape index (κ1) is 39.5. The van der Waals surface area contributed by atoms with Crippen LogP contribution in [0.4, 0.5) is 0 Å². The summed E-state index contributed by atoms with van der Waals surface area (Å²) in [4.78, 5) is 0. The van der Waals surface area contributed by atoms with Crippen LogP contribution in [0.3, 0.4) is 0 Å². The Morgan fingerprint density at radius 3 is 1.21 bits per heavy atom. The van der Waals surface area contributed by atoms with E-state index in [1.165, 1.54) is 58.4 Å². The Balaban J connectivity index is -0.000000185. The molecular formula is C29H41Cl2SiZr. The van der Waals surface area contributed by atoms with Crippen molar-refractivity contribution in [2.75, 3.05) is 0 Å². The fraction of sp³-hybridized carbons (Fsp3) is 0.345. The Bertz CT molecular complexity index is 799. The van der Waals surface area contributed by atoms with Crippen molar-refractivity contribution in [3.05, 3.63) is 91.3 Å². The van der Waals surface area contributed by atoms with E-state index in [4.69, 9.17) is 0 Å². The molecule has 4 rings (SSSR count). The first-order valence-corrected chi connectivity index (χ1v) is 11.0. The number of unbranched alkanes of at least 4 members (excludes halogenated alkanes) is 3. The summed E-state index contributed by atoms with van der Waals surface area (Å²) in [5, 5.41) is 5.46. The van der Waals surface area contributed by atoms with Gasteiger partial charge in [0.2, 0.25) is 0 Å². The molecule has 0 N–H and O–H groups in total. The minimum atomic E-state index is 0. The van der Waals surface area contributed by atoms with Gasteiger partial charge >= 0.3 is 26.2 Å². The van der Waals surface area contributed by atoms with E-state index in [1.807, 2.05) is 0 Å². The molecule has 0 bridgehead atoms. The van der Waals surface area contributed by atoms with Gasteiger partial charge in [-0.05, 0) is 12.8 Å². The number of rotatable bonds is 5.